The molecule has 2 N–H and O–H groups in total. The van der Waals surface area contributed by atoms with E-state index < -0.39 is 12.6 Å². The minimum absolute atomic E-state index is 0.0979. The third-order valence-electron chi connectivity index (χ3n) is 1.41. The molecule has 0 aromatic heterocycles. The van der Waals surface area contributed by atoms with Gasteiger partial charge in [0.1, 0.15) is 6.61 Å². The zero-order valence-electron chi connectivity index (χ0n) is 6.75. The first-order valence-corrected chi connectivity index (χ1v) is 3.61. The number of aliphatic hydroxyl groups is 1. The molecule has 0 unspecified atom stereocenters. The summed E-state index contributed by atoms with van der Waals surface area (Å²) in [4.78, 5) is 20.7. The number of carboxylic acid groups (broad SMARTS) is 1. The van der Waals surface area contributed by atoms with Crippen LogP contribution < -0.4 is 0 Å². The van der Waals surface area contributed by atoms with Crippen molar-refractivity contribution in [2.45, 2.75) is 19.3 Å². The molecule has 0 saturated carbocycles. The molecule has 0 rings (SSSR count). The second kappa shape index (κ2) is 5.49. The Balaban J connectivity index is 3.50. The molecule has 4 heteroatoms. The number of aliphatic carboxylic acids is 1. The molecule has 0 atom stereocenters. The van der Waals surface area contributed by atoms with Crippen molar-refractivity contribution in [2.24, 2.45) is 0 Å². The number of carboxylic acids is 1. The van der Waals surface area contributed by atoms with E-state index in [0.717, 1.165) is 0 Å². The zero-order chi connectivity index (χ0) is 9.56. The lowest BCUT2D eigenvalue weighted by atomic mass is 10.1. The quantitative estimate of drug-likeness (QED) is 0.567. The maximum atomic E-state index is 10.5. The Bertz CT molecular complexity index is 195. The van der Waals surface area contributed by atoms with Crippen LogP contribution in [0.25, 0.3) is 0 Å². The van der Waals surface area contributed by atoms with E-state index in [1.165, 1.54) is 0 Å². The van der Waals surface area contributed by atoms with Crippen molar-refractivity contribution in [3.8, 4) is 0 Å². The normalized spacial score (nSPS) is 9.42. The molecule has 0 spiro atoms. The number of ketones is 1. The Morgan fingerprint density at radius 1 is 1.25 bits per heavy atom. The van der Waals surface area contributed by atoms with Crippen LogP contribution in [-0.4, -0.2) is 28.6 Å². The van der Waals surface area contributed by atoms with Gasteiger partial charge in [0, 0.05) is 12.0 Å². The summed E-state index contributed by atoms with van der Waals surface area (Å²) in [5.41, 5.74) is 0.0979. The molecule has 0 aromatic rings. The zero-order valence-corrected chi connectivity index (χ0v) is 6.75. The summed E-state index contributed by atoms with van der Waals surface area (Å²) in [7, 11) is 0. The first kappa shape index (κ1) is 10.8. The molecule has 0 amide bonds. The standard InChI is InChI=1S/C8H12O4/c1-6(8(11)12)3-2-4-7(10)5-9/h9H,1-5H2,(H,11,12). The summed E-state index contributed by atoms with van der Waals surface area (Å²) in [5, 5.41) is 16.7. The highest BCUT2D eigenvalue weighted by Crippen LogP contribution is 2.05. The summed E-state index contributed by atoms with van der Waals surface area (Å²) in [6, 6.07) is 0. The number of Topliss-reactive ketones (excluding diaryl/α,β-unsaturated/α-hetero) is 1. The fourth-order valence-electron chi connectivity index (χ4n) is 0.685. The predicted molar refractivity (Wildman–Crippen MR) is 42.7 cm³/mol. The summed E-state index contributed by atoms with van der Waals surface area (Å²) in [5.74, 6) is -1.31. The maximum absolute atomic E-state index is 10.5. The van der Waals surface area contributed by atoms with Crippen LogP contribution in [0.1, 0.15) is 19.3 Å². The second-order valence-corrected chi connectivity index (χ2v) is 2.46. The molecule has 0 aliphatic carbocycles. The van der Waals surface area contributed by atoms with Crippen LogP contribution in [0.3, 0.4) is 0 Å². The van der Waals surface area contributed by atoms with Crippen molar-refractivity contribution in [2.75, 3.05) is 6.61 Å². The molecule has 0 aliphatic heterocycles. The molecule has 0 saturated heterocycles. The van der Waals surface area contributed by atoms with Gasteiger partial charge < -0.3 is 10.2 Å². The van der Waals surface area contributed by atoms with Gasteiger partial charge in [-0.3, -0.25) is 4.79 Å². The maximum Gasteiger partial charge on any atom is 0.330 e. The fourth-order valence-corrected chi connectivity index (χ4v) is 0.685. The van der Waals surface area contributed by atoms with Crippen molar-refractivity contribution < 1.29 is 19.8 Å². The van der Waals surface area contributed by atoms with Gasteiger partial charge in [0.05, 0.1) is 0 Å². The third kappa shape index (κ3) is 4.62. The van der Waals surface area contributed by atoms with Crippen molar-refractivity contribution >= 4 is 11.8 Å². The van der Waals surface area contributed by atoms with E-state index in [-0.39, 0.29) is 17.8 Å². The lowest BCUT2D eigenvalue weighted by Crippen LogP contribution is -2.04. The highest BCUT2D eigenvalue weighted by molar-refractivity contribution is 5.86. The van der Waals surface area contributed by atoms with Crippen LogP contribution in [0.5, 0.6) is 0 Å². The molecule has 12 heavy (non-hydrogen) atoms. The number of carbonyl (C=O) groups excluding carboxylic acids is 1. The lowest BCUT2D eigenvalue weighted by Gasteiger charge is -1.98. The highest BCUT2D eigenvalue weighted by Gasteiger charge is 2.05. The number of rotatable bonds is 6. The highest BCUT2D eigenvalue weighted by atomic mass is 16.4. The number of hydrogen-bond donors (Lipinski definition) is 2. The van der Waals surface area contributed by atoms with E-state index in [1.54, 1.807) is 0 Å². The van der Waals surface area contributed by atoms with Gasteiger partial charge >= 0.3 is 5.97 Å². The summed E-state index contributed by atoms with van der Waals surface area (Å²) >= 11 is 0. The largest absolute Gasteiger partial charge is 0.478 e. The van der Waals surface area contributed by atoms with Crippen LogP contribution in [0.15, 0.2) is 12.2 Å². The number of carbonyl (C=O) groups is 2. The van der Waals surface area contributed by atoms with Crippen LogP contribution in [0.2, 0.25) is 0 Å². The Labute approximate surface area is 70.5 Å². The molecule has 68 valence electrons. The number of aliphatic hydroxyl groups excluding tert-OH is 1. The van der Waals surface area contributed by atoms with Gasteiger partial charge in [-0.05, 0) is 12.8 Å². The topological polar surface area (TPSA) is 74.6 Å². The second-order valence-electron chi connectivity index (χ2n) is 2.46. The van der Waals surface area contributed by atoms with Crippen molar-refractivity contribution in [3.63, 3.8) is 0 Å². The van der Waals surface area contributed by atoms with Gasteiger partial charge in [-0.15, -0.1) is 0 Å². The Kier molecular flexibility index (Phi) is 4.96. The Morgan fingerprint density at radius 3 is 2.25 bits per heavy atom. The van der Waals surface area contributed by atoms with E-state index in [0.29, 0.717) is 12.8 Å². The minimum Gasteiger partial charge on any atom is -0.478 e. The molecule has 0 radical (unpaired) electrons. The van der Waals surface area contributed by atoms with Gasteiger partial charge in [-0.2, -0.15) is 0 Å². The van der Waals surface area contributed by atoms with E-state index in [1.807, 2.05) is 0 Å². The molecule has 0 aromatic carbocycles. The van der Waals surface area contributed by atoms with E-state index in [2.05, 4.69) is 6.58 Å². The number of hydrogen-bond acceptors (Lipinski definition) is 3. The predicted octanol–water partition coefficient (Wildman–Crippen LogP) is 0.359. The van der Waals surface area contributed by atoms with Crippen molar-refractivity contribution in [1.82, 2.24) is 0 Å². The summed E-state index contributed by atoms with van der Waals surface area (Å²) < 4.78 is 0. The molecule has 0 fully saturated rings. The van der Waals surface area contributed by atoms with Gasteiger partial charge in [-0.25, -0.2) is 4.79 Å². The fraction of sp³-hybridized carbons (Fsp3) is 0.500. The van der Waals surface area contributed by atoms with Crippen molar-refractivity contribution in [1.29, 1.82) is 0 Å². The first-order chi connectivity index (χ1) is 5.57. The monoisotopic (exact) mass is 172 g/mol. The molecule has 4 nitrogen and oxygen atoms in total. The average molecular weight is 172 g/mol. The molecular formula is C8H12O4. The minimum atomic E-state index is -1.04. The van der Waals surface area contributed by atoms with Gasteiger partial charge in [0.15, 0.2) is 5.78 Å². The van der Waals surface area contributed by atoms with Crippen LogP contribution in [-0.2, 0) is 9.59 Å². The molecular weight excluding hydrogens is 160 g/mol. The van der Waals surface area contributed by atoms with E-state index in [4.69, 9.17) is 10.2 Å². The Hall–Kier alpha value is -1.16. The third-order valence-corrected chi connectivity index (χ3v) is 1.41. The van der Waals surface area contributed by atoms with Crippen LogP contribution in [0.4, 0.5) is 0 Å². The van der Waals surface area contributed by atoms with Gasteiger partial charge in [0.25, 0.3) is 0 Å². The molecule has 0 bridgehead atoms. The van der Waals surface area contributed by atoms with Gasteiger partial charge in [-0.1, -0.05) is 6.58 Å². The average Bonchev–Trinajstić information content (AvgIpc) is 2.03. The summed E-state index contributed by atoms with van der Waals surface area (Å²) in [6.45, 7) is 2.83. The van der Waals surface area contributed by atoms with E-state index in [9.17, 15) is 9.59 Å². The molecule has 0 heterocycles. The Morgan fingerprint density at radius 2 is 1.83 bits per heavy atom. The van der Waals surface area contributed by atoms with E-state index >= 15 is 0 Å². The smallest absolute Gasteiger partial charge is 0.330 e. The van der Waals surface area contributed by atoms with Crippen LogP contribution >= 0.6 is 0 Å². The summed E-state index contributed by atoms with van der Waals surface area (Å²) in [6.07, 6.45) is 0.939. The lowest BCUT2D eigenvalue weighted by molar-refractivity contribution is -0.133. The van der Waals surface area contributed by atoms with Gasteiger partial charge in [0.2, 0.25) is 0 Å². The SMILES string of the molecule is C=C(CCCC(=O)CO)C(=O)O. The van der Waals surface area contributed by atoms with Crippen molar-refractivity contribution in [3.05, 3.63) is 12.2 Å². The molecule has 0 aliphatic rings. The first-order valence-electron chi connectivity index (χ1n) is 3.61. The van der Waals surface area contributed by atoms with Crippen LogP contribution in [0, 0.1) is 0 Å².